The van der Waals surface area contributed by atoms with E-state index in [1.54, 1.807) is 6.92 Å². The molecule has 0 aliphatic heterocycles. The summed E-state index contributed by atoms with van der Waals surface area (Å²) in [5.74, 6) is 1.12. The molecule has 0 fully saturated rings. The molecule has 0 rings (SSSR count). The van der Waals surface area contributed by atoms with E-state index >= 15 is 0 Å². The molecule has 2 heteroatoms. The summed E-state index contributed by atoms with van der Waals surface area (Å²) in [5.41, 5.74) is 5.41. The van der Waals surface area contributed by atoms with Crippen LogP contribution in [0, 0.1) is 11.8 Å². The van der Waals surface area contributed by atoms with E-state index in [1.165, 1.54) is 0 Å². The van der Waals surface area contributed by atoms with Crippen LogP contribution in [-0.2, 0) is 4.79 Å². The van der Waals surface area contributed by atoms with Crippen LogP contribution in [-0.4, -0.2) is 12.3 Å². The topological polar surface area (TPSA) is 43.1 Å². The monoisotopic (exact) mass is 185 g/mol. The van der Waals surface area contributed by atoms with Crippen LogP contribution in [0.4, 0.5) is 0 Å². The summed E-state index contributed by atoms with van der Waals surface area (Å²) < 4.78 is 0. The zero-order valence-corrected chi connectivity index (χ0v) is 9.18. The Balaban J connectivity index is 3.88. The largest absolute Gasteiger partial charge is 0.330 e. The van der Waals surface area contributed by atoms with Crippen LogP contribution in [0.1, 0.15) is 46.5 Å². The molecule has 0 aliphatic carbocycles. The molecule has 1 unspecified atom stereocenters. The van der Waals surface area contributed by atoms with Gasteiger partial charge in [0.15, 0.2) is 0 Å². The van der Waals surface area contributed by atoms with Crippen molar-refractivity contribution < 1.29 is 4.79 Å². The number of hydrogen-bond acceptors (Lipinski definition) is 2. The van der Waals surface area contributed by atoms with Gasteiger partial charge >= 0.3 is 0 Å². The van der Waals surface area contributed by atoms with Crippen molar-refractivity contribution in [3.63, 3.8) is 0 Å². The summed E-state index contributed by atoms with van der Waals surface area (Å²) in [6, 6.07) is 0. The van der Waals surface area contributed by atoms with Gasteiger partial charge in [-0.25, -0.2) is 0 Å². The van der Waals surface area contributed by atoms with Crippen LogP contribution in [0.2, 0.25) is 0 Å². The van der Waals surface area contributed by atoms with Crippen LogP contribution >= 0.6 is 0 Å². The number of rotatable bonds is 7. The third-order valence-electron chi connectivity index (χ3n) is 2.82. The van der Waals surface area contributed by atoms with E-state index in [0.29, 0.717) is 11.7 Å². The molecule has 0 aromatic rings. The Labute approximate surface area is 81.9 Å². The number of unbranched alkanes of at least 4 members (excludes halogenated alkanes) is 1. The third-order valence-corrected chi connectivity index (χ3v) is 2.82. The van der Waals surface area contributed by atoms with E-state index in [-0.39, 0.29) is 5.92 Å². The van der Waals surface area contributed by atoms with Gasteiger partial charge < -0.3 is 5.73 Å². The fourth-order valence-corrected chi connectivity index (χ4v) is 1.68. The van der Waals surface area contributed by atoms with Gasteiger partial charge in [0.2, 0.25) is 0 Å². The SMILES string of the molecule is CC[C@H](C)C(CCCCN)C(C)=O. The molecule has 78 valence electrons. The quantitative estimate of drug-likeness (QED) is 0.619. The average molecular weight is 185 g/mol. The van der Waals surface area contributed by atoms with E-state index < -0.39 is 0 Å². The van der Waals surface area contributed by atoms with Gasteiger partial charge in [0.05, 0.1) is 0 Å². The molecule has 0 heterocycles. The lowest BCUT2D eigenvalue weighted by Crippen LogP contribution is -2.19. The number of carbonyl (C=O) groups excluding carboxylic acids is 1. The van der Waals surface area contributed by atoms with Crippen molar-refractivity contribution >= 4 is 5.78 Å². The van der Waals surface area contributed by atoms with Gasteiger partial charge in [-0.3, -0.25) is 4.79 Å². The Morgan fingerprint density at radius 3 is 2.38 bits per heavy atom. The number of hydrogen-bond donors (Lipinski definition) is 1. The maximum Gasteiger partial charge on any atom is 0.133 e. The second-order valence-corrected chi connectivity index (χ2v) is 3.89. The lowest BCUT2D eigenvalue weighted by atomic mass is 9.85. The van der Waals surface area contributed by atoms with Crippen molar-refractivity contribution in [3.8, 4) is 0 Å². The molecule has 0 aromatic carbocycles. The van der Waals surface area contributed by atoms with Crippen molar-refractivity contribution in [1.82, 2.24) is 0 Å². The van der Waals surface area contributed by atoms with Gasteiger partial charge in [0.25, 0.3) is 0 Å². The highest BCUT2D eigenvalue weighted by Gasteiger charge is 2.19. The van der Waals surface area contributed by atoms with Gasteiger partial charge in [0.1, 0.15) is 5.78 Å². The molecule has 2 N–H and O–H groups in total. The molecule has 2 atom stereocenters. The first kappa shape index (κ1) is 12.6. The lowest BCUT2D eigenvalue weighted by Gasteiger charge is -2.19. The molecule has 0 bridgehead atoms. The van der Waals surface area contributed by atoms with Gasteiger partial charge in [-0.2, -0.15) is 0 Å². The average Bonchev–Trinajstić information content (AvgIpc) is 2.11. The molecule has 0 aliphatic rings. The highest BCUT2D eigenvalue weighted by Crippen LogP contribution is 2.21. The van der Waals surface area contributed by atoms with E-state index in [1.807, 2.05) is 0 Å². The minimum Gasteiger partial charge on any atom is -0.330 e. The normalized spacial score (nSPS) is 15.4. The molecule has 0 spiro atoms. The van der Waals surface area contributed by atoms with E-state index in [2.05, 4.69) is 13.8 Å². The van der Waals surface area contributed by atoms with Crippen LogP contribution < -0.4 is 5.73 Å². The Hall–Kier alpha value is -0.370. The van der Waals surface area contributed by atoms with Crippen LogP contribution in [0.25, 0.3) is 0 Å². The fraction of sp³-hybridized carbons (Fsp3) is 0.909. The first-order chi connectivity index (χ1) is 6.13. The van der Waals surface area contributed by atoms with E-state index in [0.717, 1.165) is 32.2 Å². The predicted molar refractivity (Wildman–Crippen MR) is 56.5 cm³/mol. The molecule has 0 saturated heterocycles. The maximum absolute atomic E-state index is 11.3. The van der Waals surface area contributed by atoms with Crippen molar-refractivity contribution in [1.29, 1.82) is 0 Å². The Bertz CT molecular complexity index is 145. The highest BCUT2D eigenvalue weighted by atomic mass is 16.1. The lowest BCUT2D eigenvalue weighted by molar-refractivity contribution is -0.122. The third kappa shape index (κ3) is 5.04. The van der Waals surface area contributed by atoms with Crippen LogP contribution in [0.5, 0.6) is 0 Å². The van der Waals surface area contributed by atoms with Gasteiger partial charge in [0, 0.05) is 5.92 Å². The van der Waals surface area contributed by atoms with Crippen molar-refractivity contribution in [3.05, 3.63) is 0 Å². The molecule has 0 aromatic heterocycles. The number of nitrogens with two attached hydrogens (primary N) is 1. The number of carbonyl (C=O) groups is 1. The summed E-state index contributed by atoms with van der Waals surface area (Å²) in [7, 11) is 0. The second kappa shape index (κ2) is 7.07. The predicted octanol–water partition coefficient (Wildman–Crippen LogP) is 2.37. The molecular weight excluding hydrogens is 162 g/mol. The van der Waals surface area contributed by atoms with Crippen molar-refractivity contribution in [2.45, 2.75) is 46.5 Å². The first-order valence-electron chi connectivity index (χ1n) is 5.34. The zero-order chi connectivity index (χ0) is 10.3. The fourth-order valence-electron chi connectivity index (χ4n) is 1.68. The molecule has 0 amide bonds. The summed E-state index contributed by atoms with van der Waals surface area (Å²) >= 11 is 0. The number of ketones is 1. The summed E-state index contributed by atoms with van der Waals surface area (Å²) in [5, 5.41) is 0. The minimum absolute atomic E-state index is 0.261. The van der Waals surface area contributed by atoms with Gasteiger partial charge in [-0.1, -0.05) is 26.7 Å². The summed E-state index contributed by atoms with van der Waals surface area (Å²) in [6.45, 7) is 6.75. The van der Waals surface area contributed by atoms with E-state index in [9.17, 15) is 4.79 Å². The van der Waals surface area contributed by atoms with Crippen LogP contribution in [0.3, 0.4) is 0 Å². The Morgan fingerprint density at radius 1 is 1.38 bits per heavy atom. The molecule has 13 heavy (non-hydrogen) atoms. The van der Waals surface area contributed by atoms with Gasteiger partial charge in [-0.15, -0.1) is 0 Å². The summed E-state index contributed by atoms with van der Waals surface area (Å²) in [6.07, 6.45) is 4.24. The molecular formula is C11H23NO. The van der Waals surface area contributed by atoms with E-state index in [4.69, 9.17) is 5.73 Å². The maximum atomic E-state index is 11.3. The Morgan fingerprint density at radius 2 is 2.00 bits per heavy atom. The zero-order valence-electron chi connectivity index (χ0n) is 9.18. The molecule has 2 nitrogen and oxygen atoms in total. The molecule has 0 saturated carbocycles. The minimum atomic E-state index is 0.261. The highest BCUT2D eigenvalue weighted by molar-refractivity contribution is 5.78. The Kier molecular flexibility index (Phi) is 6.87. The summed E-state index contributed by atoms with van der Waals surface area (Å²) in [4.78, 5) is 11.3. The van der Waals surface area contributed by atoms with Crippen LogP contribution in [0.15, 0.2) is 0 Å². The number of Topliss-reactive ketones (excluding diaryl/α,β-unsaturated/α-hetero) is 1. The second-order valence-electron chi connectivity index (χ2n) is 3.89. The van der Waals surface area contributed by atoms with Gasteiger partial charge in [-0.05, 0) is 32.2 Å². The smallest absolute Gasteiger partial charge is 0.133 e. The first-order valence-corrected chi connectivity index (χ1v) is 5.34. The van der Waals surface area contributed by atoms with Crippen molar-refractivity contribution in [2.24, 2.45) is 17.6 Å². The standard InChI is InChI=1S/C11H23NO/c1-4-9(2)11(10(3)13)7-5-6-8-12/h9,11H,4-8,12H2,1-3H3/t9-,11?/m0/s1. The van der Waals surface area contributed by atoms with Crippen molar-refractivity contribution in [2.75, 3.05) is 6.54 Å². The molecule has 0 radical (unpaired) electrons.